The minimum Gasteiger partial charge on any atom is -0.300 e. The highest BCUT2D eigenvalue weighted by molar-refractivity contribution is 5.97. The van der Waals surface area contributed by atoms with Crippen LogP contribution in [0.1, 0.15) is 79.7 Å². The van der Waals surface area contributed by atoms with E-state index < -0.39 is 5.92 Å². The molecule has 2 saturated carbocycles. The van der Waals surface area contributed by atoms with Gasteiger partial charge in [0.2, 0.25) is 5.78 Å². The molecular formula is C36H42O3. The number of Topliss-reactive ketones (excluding diaryl/α,β-unsaturated/α-hetero) is 3. The van der Waals surface area contributed by atoms with Crippen molar-refractivity contribution in [3.8, 4) is 108 Å². The summed E-state index contributed by atoms with van der Waals surface area (Å²) in [5.74, 6) is 36.0. The number of allylic oxidation sites excluding steroid dienone is 2. The number of hydrogen-bond acceptors (Lipinski definition) is 3. The average Bonchev–Trinajstić information content (AvgIpc) is 2.94. The average molecular weight is 523 g/mol. The van der Waals surface area contributed by atoms with Crippen LogP contribution in [-0.4, -0.2) is 17.3 Å². The molecule has 3 nitrogen and oxygen atoms in total. The maximum absolute atomic E-state index is 12.1. The van der Waals surface area contributed by atoms with Gasteiger partial charge < -0.3 is 0 Å². The molecule has 0 aromatic rings. The molecule has 0 heterocycles. The molecule has 0 N–H and O–H groups in total. The predicted molar refractivity (Wildman–Crippen MR) is 169 cm³/mol. The van der Waals surface area contributed by atoms with Crippen molar-refractivity contribution in [2.24, 2.45) is 11.8 Å². The first-order valence-electron chi connectivity index (χ1n) is 12.6. The minimum absolute atomic E-state index is 0. The van der Waals surface area contributed by atoms with Gasteiger partial charge in [-0.1, -0.05) is 30.8 Å². The van der Waals surface area contributed by atoms with Gasteiger partial charge in [-0.15, -0.1) is 19.3 Å². The topological polar surface area (TPSA) is 51.2 Å². The van der Waals surface area contributed by atoms with Gasteiger partial charge >= 0.3 is 0 Å². The van der Waals surface area contributed by atoms with Crippen molar-refractivity contribution in [3.05, 3.63) is 12.2 Å². The highest BCUT2D eigenvalue weighted by atomic mass is 16.1. The van der Waals surface area contributed by atoms with E-state index in [9.17, 15) is 14.4 Å². The first-order valence-corrected chi connectivity index (χ1v) is 12.6. The molecule has 0 bridgehead atoms. The molecule has 3 heteroatoms. The lowest BCUT2D eigenvalue weighted by molar-refractivity contribution is -0.126. The molecule has 2 fully saturated rings. The third-order valence-electron chi connectivity index (χ3n) is 5.28. The fraction of sp³-hybridized carbons (Fsp3) is 0.361. The zero-order valence-corrected chi connectivity index (χ0v) is 22.3. The van der Waals surface area contributed by atoms with Crippen LogP contribution in [0.4, 0.5) is 0 Å². The normalized spacial score (nSPS) is 15.0. The Kier molecular flexibility index (Phi) is 21.2. The number of terminal acetylenes is 3. The molecule has 2 rings (SSSR count). The van der Waals surface area contributed by atoms with Crippen molar-refractivity contribution in [1.82, 2.24) is 0 Å². The molecule has 0 saturated heterocycles. The number of carbonyl (C=O) groups is 3. The van der Waals surface area contributed by atoms with Crippen LogP contribution in [0.2, 0.25) is 0 Å². The van der Waals surface area contributed by atoms with Crippen molar-refractivity contribution >= 4 is 17.3 Å². The van der Waals surface area contributed by atoms with E-state index in [0.29, 0.717) is 12.2 Å². The number of rotatable bonds is 3. The van der Waals surface area contributed by atoms with Crippen LogP contribution in [0.15, 0.2) is 12.2 Å². The van der Waals surface area contributed by atoms with Crippen LogP contribution in [0, 0.1) is 120 Å². The second-order valence-electron chi connectivity index (χ2n) is 8.12. The van der Waals surface area contributed by atoms with Crippen molar-refractivity contribution in [2.45, 2.75) is 71.1 Å². The molecule has 0 spiro atoms. The van der Waals surface area contributed by atoms with E-state index in [4.69, 9.17) is 19.3 Å². The highest BCUT2D eigenvalue weighted by Crippen LogP contribution is 2.29. The lowest BCUT2D eigenvalue weighted by Crippen LogP contribution is -2.27. The minimum atomic E-state index is -0.391. The molecular weight excluding hydrogens is 480 g/mol. The highest BCUT2D eigenvalue weighted by Gasteiger charge is 2.30. The van der Waals surface area contributed by atoms with E-state index in [0.717, 1.165) is 44.9 Å². The van der Waals surface area contributed by atoms with Crippen LogP contribution < -0.4 is 0 Å². The molecule has 204 valence electrons. The van der Waals surface area contributed by atoms with Crippen LogP contribution in [-0.2, 0) is 14.4 Å². The van der Waals surface area contributed by atoms with E-state index in [1.807, 2.05) is 13.0 Å². The second kappa shape index (κ2) is 24.5. The first-order chi connectivity index (χ1) is 19.0. The summed E-state index contributed by atoms with van der Waals surface area (Å²) in [6.07, 6.45) is 26.8. The number of ketones is 3. The molecule has 2 atom stereocenters. The summed E-state index contributed by atoms with van der Waals surface area (Å²) in [5.41, 5.74) is 0. The second-order valence-corrected chi connectivity index (χ2v) is 8.12. The summed E-state index contributed by atoms with van der Waals surface area (Å²) >= 11 is 0. The van der Waals surface area contributed by atoms with Crippen LogP contribution in [0.25, 0.3) is 0 Å². The fourth-order valence-electron chi connectivity index (χ4n) is 3.52. The van der Waals surface area contributed by atoms with Gasteiger partial charge in [-0.05, 0) is 116 Å². The van der Waals surface area contributed by atoms with Gasteiger partial charge in [0.15, 0.2) is 0 Å². The Morgan fingerprint density at radius 1 is 0.821 bits per heavy atom. The monoisotopic (exact) mass is 522 g/mol. The molecule has 2 aliphatic carbocycles. The molecule has 39 heavy (non-hydrogen) atoms. The first kappa shape index (κ1) is 33.8. The Hall–Kier alpha value is -5.21. The number of carbonyl (C=O) groups excluding carboxylic acids is 3. The molecule has 2 unspecified atom stereocenters. The third-order valence-corrected chi connectivity index (χ3v) is 5.28. The van der Waals surface area contributed by atoms with Crippen LogP contribution in [0.5, 0.6) is 0 Å². The molecule has 0 aromatic heterocycles. The van der Waals surface area contributed by atoms with E-state index in [2.05, 4.69) is 88.8 Å². The van der Waals surface area contributed by atoms with E-state index in [-0.39, 0.29) is 32.5 Å². The predicted octanol–water partition coefficient (Wildman–Crippen LogP) is 5.80. The Balaban J connectivity index is -0.000000110. The van der Waals surface area contributed by atoms with Crippen molar-refractivity contribution < 1.29 is 22.9 Å². The maximum atomic E-state index is 12.1. The maximum Gasteiger partial charge on any atom is 0.207 e. The van der Waals surface area contributed by atoms with Gasteiger partial charge in [0.05, 0.1) is 0 Å². The molecule has 0 radical (unpaired) electrons. The zero-order valence-electron chi connectivity index (χ0n) is 22.3. The van der Waals surface area contributed by atoms with Gasteiger partial charge in [0, 0.05) is 46.1 Å². The largest absolute Gasteiger partial charge is 0.300 e. The Morgan fingerprint density at radius 2 is 1.41 bits per heavy atom. The van der Waals surface area contributed by atoms with E-state index in [1.165, 1.54) is 6.42 Å². The SMILES string of the molecule is C#CC#CC#CC(=O)CC(C#CC#CC#C)C1CCCCC1=O.C#CC#CC#CC=CC.O=C1CCCCC1.[HH].[HH].[HH].[HH].[HH].[HH]. The van der Waals surface area contributed by atoms with E-state index >= 15 is 0 Å². The summed E-state index contributed by atoms with van der Waals surface area (Å²) in [4.78, 5) is 34.5. The summed E-state index contributed by atoms with van der Waals surface area (Å²) in [6, 6.07) is 0. The van der Waals surface area contributed by atoms with Crippen molar-refractivity contribution in [2.75, 3.05) is 0 Å². The number of hydrogen-bond donors (Lipinski definition) is 0. The van der Waals surface area contributed by atoms with Gasteiger partial charge in [0.1, 0.15) is 11.6 Å². The quantitative estimate of drug-likeness (QED) is 0.348. The Morgan fingerprint density at radius 3 is 1.95 bits per heavy atom. The fourth-order valence-corrected chi connectivity index (χ4v) is 3.52. The lowest BCUT2D eigenvalue weighted by atomic mass is 9.77. The summed E-state index contributed by atoms with van der Waals surface area (Å²) in [7, 11) is 0. The van der Waals surface area contributed by atoms with Crippen molar-refractivity contribution in [1.29, 1.82) is 0 Å². The van der Waals surface area contributed by atoms with E-state index in [1.54, 1.807) is 6.08 Å². The smallest absolute Gasteiger partial charge is 0.207 e. The van der Waals surface area contributed by atoms with Gasteiger partial charge in [-0.25, -0.2) is 0 Å². The van der Waals surface area contributed by atoms with Gasteiger partial charge in [0.25, 0.3) is 0 Å². The van der Waals surface area contributed by atoms with Gasteiger partial charge in [-0.3, -0.25) is 14.4 Å². The van der Waals surface area contributed by atoms with Crippen LogP contribution in [0.3, 0.4) is 0 Å². The summed E-state index contributed by atoms with van der Waals surface area (Å²) < 4.78 is 0. The Labute approximate surface area is 243 Å². The summed E-state index contributed by atoms with van der Waals surface area (Å²) in [5, 5.41) is 0. The molecule has 0 amide bonds. The van der Waals surface area contributed by atoms with Crippen molar-refractivity contribution in [3.63, 3.8) is 0 Å². The molecule has 0 aromatic carbocycles. The lowest BCUT2D eigenvalue weighted by Gasteiger charge is -2.24. The van der Waals surface area contributed by atoms with Gasteiger partial charge in [-0.2, -0.15) is 0 Å². The standard InChI is InChI=1S/C21H14O2.C9H6.C6H10O.6H2/c1-3-5-7-9-13-18(20-15-11-12-16-21(20)23)17-19(22)14-10-8-6-4-2;1-3-5-7-9-8-6-4-2;7-6-4-2-1-3-5-6;;;;;;/h1-2,18,20H,11-12,15-17H2;1,4,6H,2H3;1-5H2;6*1H. The molecule has 2 aliphatic rings. The Bertz CT molecular complexity index is 1410. The third kappa shape index (κ3) is 19.6. The van der Waals surface area contributed by atoms with Crippen LogP contribution >= 0.6 is 0 Å². The zero-order chi connectivity index (χ0) is 29.0. The molecule has 0 aliphatic heterocycles. The summed E-state index contributed by atoms with van der Waals surface area (Å²) in [6.45, 7) is 1.89.